The minimum atomic E-state index is -0.353. The third kappa shape index (κ3) is 3.16. The Bertz CT molecular complexity index is 958. The molecule has 3 saturated carbocycles. The van der Waals surface area contributed by atoms with Crippen molar-refractivity contribution in [2.24, 2.45) is 28.6 Å². The van der Waals surface area contributed by atoms with Gasteiger partial charge in [-0.1, -0.05) is 50.1 Å². The first kappa shape index (κ1) is 21.1. The van der Waals surface area contributed by atoms with Crippen LogP contribution in [-0.4, -0.2) is 29.8 Å². The zero-order valence-electron chi connectivity index (χ0n) is 18.8. The highest BCUT2D eigenvalue weighted by molar-refractivity contribution is 6.34. The fraction of sp³-hybridized carbons (Fsp3) is 0.615. The summed E-state index contributed by atoms with van der Waals surface area (Å²) in [6, 6.07) is 7.33. The minimum absolute atomic E-state index is 0.164. The maximum Gasteiger partial charge on any atom is 0.260 e. The van der Waals surface area contributed by atoms with Gasteiger partial charge >= 0.3 is 0 Å². The first-order valence-corrected chi connectivity index (χ1v) is 12.2. The Kier molecular flexibility index (Phi) is 5.00. The Hall–Kier alpha value is -1.81. The first-order chi connectivity index (χ1) is 14.7. The number of hydrogen-bond donors (Lipinski definition) is 1. The Labute approximate surface area is 190 Å². The van der Waals surface area contributed by atoms with Gasteiger partial charge in [0.25, 0.3) is 11.8 Å². The second kappa shape index (κ2) is 7.37. The molecule has 0 spiro atoms. The molecule has 4 aliphatic rings. The topological polar surface area (TPSA) is 49.4 Å². The first-order valence-electron chi connectivity index (χ1n) is 11.8. The molecular formula is C26H33ClN2O2. The summed E-state index contributed by atoms with van der Waals surface area (Å²) in [4.78, 5) is 28.2. The molecule has 0 bridgehead atoms. The maximum absolute atomic E-state index is 13.2. The summed E-state index contributed by atoms with van der Waals surface area (Å²) >= 11 is 6.24. The quantitative estimate of drug-likeness (QED) is 0.601. The molecule has 2 amide bonds. The van der Waals surface area contributed by atoms with Gasteiger partial charge in [-0.05, 0) is 73.8 Å². The molecule has 1 heterocycles. The van der Waals surface area contributed by atoms with E-state index in [0.717, 1.165) is 12.3 Å². The Balaban J connectivity index is 1.49. The highest BCUT2D eigenvalue weighted by atomic mass is 35.5. The highest BCUT2D eigenvalue weighted by Crippen LogP contribution is 2.64. The van der Waals surface area contributed by atoms with Gasteiger partial charge in [0.15, 0.2) is 0 Å². The van der Waals surface area contributed by atoms with Crippen molar-refractivity contribution in [3.8, 4) is 0 Å². The lowest BCUT2D eigenvalue weighted by Gasteiger charge is -2.60. The van der Waals surface area contributed by atoms with E-state index in [1.165, 1.54) is 38.5 Å². The van der Waals surface area contributed by atoms with E-state index in [2.05, 4.69) is 19.2 Å². The third-order valence-corrected chi connectivity index (χ3v) is 9.68. The molecule has 1 aromatic carbocycles. The van der Waals surface area contributed by atoms with Gasteiger partial charge in [0.1, 0.15) is 5.57 Å². The van der Waals surface area contributed by atoms with Gasteiger partial charge < -0.3 is 10.2 Å². The number of rotatable bonds is 2. The van der Waals surface area contributed by atoms with E-state index in [1.807, 2.05) is 30.2 Å². The van der Waals surface area contributed by atoms with Gasteiger partial charge in [0, 0.05) is 18.5 Å². The number of halogens is 1. The lowest BCUT2D eigenvalue weighted by molar-refractivity contribution is -0.141. The van der Waals surface area contributed by atoms with Crippen LogP contribution in [0.3, 0.4) is 0 Å². The molecule has 5 heteroatoms. The van der Waals surface area contributed by atoms with Crippen molar-refractivity contribution in [3.05, 3.63) is 40.9 Å². The van der Waals surface area contributed by atoms with E-state index in [0.29, 0.717) is 28.0 Å². The van der Waals surface area contributed by atoms with E-state index in [9.17, 15) is 9.59 Å². The summed E-state index contributed by atoms with van der Waals surface area (Å²) in [5.74, 6) is 1.50. The van der Waals surface area contributed by atoms with Crippen LogP contribution in [0.25, 0.3) is 0 Å². The molecule has 0 radical (unpaired) electrons. The third-order valence-electron chi connectivity index (χ3n) is 9.35. The van der Waals surface area contributed by atoms with Crippen molar-refractivity contribution in [2.45, 2.75) is 64.8 Å². The van der Waals surface area contributed by atoms with Crippen LogP contribution >= 0.6 is 11.6 Å². The molecule has 3 aliphatic carbocycles. The molecule has 1 N–H and O–H groups in total. The number of para-hydroxylation sites is 1. The number of amides is 2. The number of fused-ring (bicyclic) bond motifs is 5. The van der Waals surface area contributed by atoms with Crippen molar-refractivity contribution < 1.29 is 9.59 Å². The number of nitrogens with one attached hydrogen (secondary N) is 1. The fourth-order valence-electron chi connectivity index (χ4n) is 7.80. The summed E-state index contributed by atoms with van der Waals surface area (Å²) in [5, 5.41) is 3.35. The number of benzene rings is 1. The molecule has 6 atom stereocenters. The van der Waals surface area contributed by atoms with Crippen LogP contribution < -0.4 is 5.32 Å². The second-order valence-corrected chi connectivity index (χ2v) is 11.2. The zero-order chi connectivity index (χ0) is 22.0. The van der Waals surface area contributed by atoms with Crippen LogP contribution in [0.15, 0.2) is 35.9 Å². The summed E-state index contributed by atoms with van der Waals surface area (Å²) in [6.45, 7) is 4.81. The molecule has 1 unspecified atom stereocenters. The number of hydrogen-bond acceptors (Lipinski definition) is 2. The Morgan fingerprint density at radius 1 is 1.10 bits per heavy atom. The van der Waals surface area contributed by atoms with E-state index < -0.39 is 0 Å². The molecule has 166 valence electrons. The Morgan fingerprint density at radius 3 is 2.65 bits per heavy atom. The predicted molar refractivity (Wildman–Crippen MR) is 124 cm³/mol. The lowest BCUT2D eigenvalue weighted by Crippen LogP contribution is -2.60. The summed E-state index contributed by atoms with van der Waals surface area (Å²) in [5.41, 5.74) is 1.14. The number of carbonyl (C=O) groups excluding carboxylic acids is 2. The molecule has 0 saturated heterocycles. The average Bonchev–Trinajstić information content (AvgIpc) is 3.14. The van der Waals surface area contributed by atoms with Gasteiger partial charge in [-0.2, -0.15) is 0 Å². The van der Waals surface area contributed by atoms with E-state index in [1.54, 1.807) is 12.1 Å². The largest absolute Gasteiger partial charge is 0.338 e. The van der Waals surface area contributed by atoms with Crippen molar-refractivity contribution in [1.29, 1.82) is 0 Å². The van der Waals surface area contributed by atoms with Crippen molar-refractivity contribution in [3.63, 3.8) is 0 Å². The fourth-order valence-corrected chi connectivity index (χ4v) is 7.98. The summed E-state index contributed by atoms with van der Waals surface area (Å²) in [6.07, 6.45) is 10.8. The maximum atomic E-state index is 13.2. The van der Waals surface area contributed by atoms with Crippen LogP contribution in [0.1, 0.15) is 58.8 Å². The number of carbonyl (C=O) groups is 2. The monoisotopic (exact) mass is 440 g/mol. The molecule has 3 fully saturated rings. The highest BCUT2D eigenvalue weighted by Gasteiger charge is 2.59. The van der Waals surface area contributed by atoms with Crippen molar-refractivity contribution >= 4 is 29.1 Å². The summed E-state index contributed by atoms with van der Waals surface area (Å²) in [7, 11) is 1.88. The van der Waals surface area contributed by atoms with Crippen LogP contribution in [-0.2, 0) is 9.59 Å². The van der Waals surface area contributed by atoms with Crippen LogP contribution in [0.2, 0.25) is 5.02 Å². The van der Waals surface area contributed by atoms with E-state index >= 15 is 0 Å². The minimum Gasteiger partial charge on any atom is -0.338 e. The molecule has 4 nitrogen and oxygen atoms in total. The SMILES string of the molecule is CN1C(=O)C(C(=O)Nc2ccccc2Cl)=C[C@@]2(C)C1CC[C@@H]1[C@H]2CC[C@]2(C)CCC[C@@H]12. The van der Waals surface area contributed by atoms with Crippen LogP contribution in [0, 0.1) is 28.6 Å². The molecule has 5 rings (SSSR count). The smallest absolute Gasteiger partial charge is 0.260 e. The molecule has 1 aromatic rings. The van der Waals surface area contributed by atoms with Crippen LogP contribution in [0.4, 0.5) is 5.69 Å². The normalized spacial score (nSPS) is 39.3. The van der Waals surface area contributed by atoms with Gasteiger partial charge in [0.2, 0.25) is 0 Å². The Morgan fingerprint density at radius 2 is 1.87 bits per heavy atom. The molecular weight excluding hydrogens is 408 g/mol. The predicted octanol–water partition coefficient (Wildman–Crippen LogP) is 5.68. The molecule has 1 aliphatic heterocycles. The molecule has 31 heavy (non-hydrogen) atoms. The number of nitrogens with zero attached hydrogens (tertiary/aromatic N) is 1. The number of likely N-dealkylation sites (N-methyl/N-ethyl adjacent to an activating group) is 1. The van der Waals surface area contributed by atoms with E-state index in [4.69, 9.17) is 11.6 Å². The second-order valence-electron chi connectivity index (χ2n) is 10.8. The van der Waals surface area contributed by atoms with Gasteiger partial charge in [-0.3, -0.25) is 9.59 Å². The average molecular weight is 441 g/mol. The number of anilines is 1. The lowest BCUT2D eigenvalue weighted by atomic mass is 9.48. The van der Waals surface area contributed by atoms with Gasteiger partial charge in [-0.25, -0.2) is 0 Å². The van der Waals surface area contributed by atoms with Crippen molar-refractivity contribution in [2.75, 3.05) is 12.4 Å². The van der Waals surface area contributed by atoms with Crippen LogP contribution in [0.5, 0.6) is 0 Å². The van der Waals surface area contributed by atoms with Gasteiger partial charge in [0.05, 0.1) is 10.7 Å². The van der Waals surface area contributed by atoms with E-state index in [-0.39, 0.29) is 28.8 Å². The van der Waals surface area contributed by atoms with Crippen molar-refractivity contribution in [1.82, 2.24) is 4.90 Å². The molecule has 0 aromatic heterocycles. The van der Waals surface area contributed by atoms with Gasteiger partial charge in [-0.15, -0.1) is 0 Å². The zero-order valence-corrected chi connectivity index (χ0v) is 19.5. The standard InChI is InChI=1S/C26H33ClN2O2/c1-25-13-6-7-18(25)16-10-11-22-26(2,19(16)12-14-25)15-17(24(31)29(22)3)23(30)28-21-9-5-4-8-20(21)27/h4-5,8-9,15-16,18-19,22H,6-7,10-14H2,1-3H3,(H,28,30)/t16-,18-,19+,22?,25-,26+/m0/s1. The summed E-state index contributed by atoms with van der Waals surface area (Å²) < 4.78 is 0.